The van der Waals surface area contributed by atoms with Crippen molar-refractivity contribution in [3.63, 3.8) is 0 Å². The summed E-state index contributed by atoms with van der Waals surface area (Å²) in [6.45, 7) is 2.01. The van der Waals surface area contributed by atoms with Crippen LogP contribution in [-0.4, -0.2) is 50.6 Å². The van der Waals surface area contributed by atoms with Crippen molar-refractivity contribution in [2.45, 2.75) is 25.3 Å². The van der Waals surface area contributed by atoms with E-state index < -0.39 is 0 Å². The van der Waals surface area contributed by atoms with Crippen molar-refractivity contribution in [1.82, 2.24) is 24.5 Å². The van der Waals surface area contributed by atoms with Crippen LogP contribution in [0.25, 0.3) is 5.65 Å². The summed E-state index contributed by atoms with van der Waals surface area (Å²) in [6, 6.07) is 13.4. The Labute approximate surface area is 206 Å². The van der Waals surface area contributed by atoms with Gasteiger partial charge in [0, 0.05) is 55.3 Å². The first-order chi connectivity index (χ1) is 16.6. The third-order valence-corrected chi connectivity index (χ3v) is 6.72. The number of piperidine rings is 1. The molecule has 4 heterocycles. The van der Waals surface area contributed by atoms with Gasteiger partial charge in [0.15, 0.2) is 5.65 Å². The summed E-state index contributed by atoms with van der Waals surface area (Å²) in [7, 11) is 1.61. The molecule has 5 rings (SSSR count). The molecule has 1 aromatic carbocycles. The molecular formula is C25H25BrN6O2. The molecule has 1 aliphatic heterocycles. The summed E-state index contributed by atoms with van der Waals surface area (Å²) in [6.07, 6.45) is 7.08. The van der Waals surface area contributed by atoms with Gasteiger partial charge in [0.1, 0.15) is 11.6 Å². The zero-order valence-electron chi connectivity index (χ0n) is 18.8. The van der Waals surface area contributed by atoms with Gasteiger partial charge in [-0.3, -0.25) is 9.78 Å². The summed E-state index contributed by atoms with van der Waals surface area (Å²) >= 11 is 3.57. The lowest BCUT2D eigenvalue weighted by atomic mass is 9.92. The van der Waals surface area contributed by atoms with E-state index in [4.69, 9.17) is 9.72 Å². The minimum absolute atomic E-state index is 0.0399. The number of rotatable bonds is 6. The molecule has 0 saturated carbocycles. The van der Waals surface area contributed by atoms with E-state index in [-0.39, 0.29) is 11.8 Å². The van der Waals surface area contributed by atoms with Crippen LogP contribution in [0.1, 0.15) is 40.4 Å². The van der Waals surface area contributed by atoms with E-state index in [2.05, 4.69) is 37.4 Å². The van der Waals surface area contributed by atoms with Gasteiger partial charge in [-0.25, -0.2) is 4.98 Å². The highest BCUT2D eigenvalue weighted by Crippen LogP contribution is 2.31. The van der Waals surface area contributed by atoms with Crippen molar-refractivity contribution >= 4 is 33.3 Å². The molecule has 0 radical (unpaired) electrons. The number of pyridine rings is 1. The lowest BCUT2D eigenvalue weighted by Crippen LogP contribution is -2.38. The fourth-order valence-electron chi connectivity index (χ4n) is 4.30. The van der Waals surface area contributed by atoms with Crippen molar-refractivity contribution in [3.05, 3.63) is 82.3 Å². The highest BCUT2D eigenvalue weighted by Gasteiger charge is 2.26. The largest absolute Gasteiger partial charge is 0.497 e. The normalized spacial score (nSPS) is 14.4. The molecule has 3 aromatic heterocycles. The SMILES string of the molecule is COc1cccc(C(=O)N2CCC(c3cc(NCc4cccnc4)n4ncc(Br)c4n3)CC2)c1. The Bertz CT molecular complexity index is 1300. The number of hydrogen-bond donors (Lipinski definition) is 1. The maximum absolute atomic E-state index is 13.0. The quantitative estimate of drug-likeness (QED) is 0.402. The molecule has 1 saturated heterocycles. The van der Waals surface area contributed by atoms with Crippen LogP contribution in [0.4, 0.5) is 5.82 Å². The van der Waals surface area contributed by atoms with E-state index >= 15 is 0 Å². The number of aromatic nitrogens is 4. The minimum Gasteiger partial charge on any atom is -0.497 e. The van der Waals surface area contributed by atoms with E-state index in [1.807, 2.05) is 45.9 Å². The van der Waals surface area contributed by atoms with Gasteiger partial charge in [0.25, 0.3) is 5.91 Å². The number of nitrogens with zero attached hydrogens (tertiary/aromatic N) is 5. The number of amides is 1. The molecule has 1 amide bonds. The van der Waals surface area contributed by atoms with E-state index in [1.54, 1.807) is 25.6 Å². The number of ether oxygens (including phenoxy) is 1. The van der Waals surface area contributed by atoms with Crippen LogP contribution in [0, 0.1) is 0 Å². The Hall–Kier alpha value is -3.46. The number of hydrogen-bond acceptors (Lipinski definition) is 6. The monoisotopic (exact) mass is 520 g/mol. The van der Waals surface area contributed by atoms with Crippen LogP contribution in [0.3, 0.4) is 0 Å². The van der Waals surface area contributed by atoms with Gasteiger partial charge >= 0.3 is 0 Å². The number of carbonyl (C=O) groups is 1. The molecule has 9 heteroatoms. The van der Waals surface area contributed by atoms with Gasteiger partial charge in [-0.2, -0.15) is 9.61 Å². The van der Waals surface area contributed by atoms with E-state index in [9.17, 15) is 4.79 Å². The number of likely N-dealkylation sites (tertiary alicyclic amines) is 1. The molecule has 8 nitrogen and oxygen atoms in total. The van der Waals surface area contributed by atoms with Crippen LogP contribution >= 0.6 is 15.9 Å². The molecular weight excluding hydrogens is 496 g/mol. The van der Waals surface area contributed by atoms with Crippen LogP contribution < -0.4 is 10.1 Å². The van der Waals surface area contributed by atoms with Gasteiger partial charge in [-0.1, -0.05) is 12.1 Å². The third-order valence-electron chi connectivity index (χ3n) is 6.16. The number of fused-ring (bicyclic) bond motifs is 1. The Morgan fingerprint density at radius 1 is 1.18 bits per heavy atom. The fraction of sp³-hybridized carbons (Fsp3) is 0.280. The molecule has 1 N–H and O–H groups in total. The first-order valence-electron chi connectivity index (χ1n) is 11.2. The summed E-state index contributed by atoms with van der Waals surface area (Å²) in [4.78, 5) is 24.0. The molecule has 1 fully saturated rings. The number of halogens is 1. The average molecular weight is 521 g/mol. The second kappa shape index (κ2) is 9.80. The molecule has 0 aliphatic carbocycles. The Morgan fingerprint density at radius 2 is 2.03 bits per heavy atom. The molecule has 174 valence electrons. The number of nitrogens with one attached hydrogen (secondary N) is 1. The van der Waals surface area contributed by atoms with Gasteiger partial charge in [-0.05, 0) is 58.6 Å². The zero-order chi connectivity index (χ0) is 23.5. The van der Waals surface area contributed by atoms with Gasteiger partial charge < -0.3 is 15.0 Å². The second-order valence-corrected chi connectivity index (χ2v) is 9.16. The summed E-state index contributed by atoms with van der Waals surface area (Å²) < 4.78 is 7.93. The van der Waals surface area contributed by atoms with Crippen LogP contribution in [0.5, 0.6) is 5.75 Å². The second-order valence-electron chi connectivity index (χ2n) is 8.31. The third kappa shape index (κ3) is 4.61. The standard InChI is InChI=1S/C25H25BrN6O2/c1-34-20-6-2-5-19(12-20)25(33)31-10-7-18(8-11-31)22-13-23(28-15-17-4-3-9-27-14-17)32-24(30-22)21(26)16-29-32/h2-6,9,12-14,16,18,28H,7-8,10-11,15H2,1H3. The van der Waals surface area contributed by atoms with Crippen molar-refractivity contribution < 1.29 is 9.53 Å². The topological polar surface area (TPSA) is 84.7 Å². The Morgan fingerprint density at radius 3 is 2.79 bits per heavy atom. The van der Waals surface area contributed by atoms with Crippen molar-refractivity contribution in [2.24, 2.45) is 0 Å². The molecule has 1 aliphatic rings. The number of carbonyl (C=O) groups excluding carboxylic acids is 1. The summed E-state index contributed by atoms with van der Waals surface area (Å²) in [5, 5.41) is 7.95. The minimum atomic E-state index is 0.0399. The highest BCUT2D eigenvalue weighted by atomic mass is 79.9. The van der Waals surface area contributed by atoms with Crippen molar-refractivity contribution in [1.29, 1.82) is 0 Å². The maximum atomic E-state index is 13.0. The van der Waals surface area contributed by atoms with Gasteiger partial charge in [0.05, 0.1) is 17.8 Å². The summed E-state index contributed by atoms with van der Waals surface area (Å²) in [5.41, 5.74) is 3.53. The lowest BCUT2D eigenvalue weighted by Gasteiger charge is -2.32. The molecule has 0 atom stereocenters. The number of benzene rings is 1. The first kappa shape index (κ1) is 22.3. The van der Waals surface area contributed by atoms with E-state index in [1.165, 1.54) is 0 Å². The van der Waals surface area contributed by atoms with Gasteiger partial charge in [-0.15, -0.1) is 0 Å². The Balaban J connectivity index is 1.32. The lowest BCUT2D eigenvalue weighted by molar-refractivity contribution is 0.0711. The van der Waals surface area contributed by atoms with Crippen LogP contribution in [-0.2, 0) is 6.54 Å². The average Bonchev–Trinajstić information content (AvgIpc) is 3.28. The number of anilines is 1. The first-order valence-corrected chi connectivity index (χ1v) is 12.0. The molecule has 0 spiro atoms. The predicted octanol–water partition coefficient (Wildman–Crippen LogP) is 4.53. The summed E-state index contributed by atoms with van der Waals surface area (Å²) in [5.74, 6) is 1.87. The van der Waals surface area contributed by atoms with E-state index in [0.29, 0.717) is 30.9 Å². The van der Waals surface area contributed by atoms with Crippen LogP contribution in [0.15, 0.2) is 65.5 Å². The van der Waals surface area contributed by atoms with Crippen molar-refractivity contribution in [2.75, 3.05) is 25.5 Å². The molecule has 0 unspecified atom stereocenters. The maximum Gasteiger partial charge on any atom is 0.253 e. The molecule has 34 heavy (non-hydrogen) atoms. The van der Waals surface area contributed by atoms with Crippen LogP contribution in [0.2, 0.25) is 0 Å². The Kier molecular flexibility index (Phi) is 6.44. The highest BCUT2D eigenvalue weighted by molar-refractivity contribution is 9.10. The zero-order valence-corrected chi connectivity index (χ0v) is 20.4. The number of methoxy groups -OCH3 is 1. The molecule has 4 aromatic rings. The van der Waals surface area contributed by atoms with Gasteiger partial charge in [0.2, 0.25) is 0 Å². The molecule has 0 bridgehead atoms. The van der Waals surface area contributed by atoms with E-state index in [0.717, 1.165) is 40.0 Å². The van der Waals surface area contributed by atoms with Crippen molar-refractivity contribution in [3.8, 4) is 5.75 Å². The fourth-order valence-corrected chi connectivity index (χ4v) is 4.65. The smallest absolute Gasteiger partial charge is 0.253 e. The predicted molar refractivity (Wildman–Crippen MR) is 133 cm³/mol.